The summed E-state index contributed by atoms with van der Waals surface area (Å²) in [7, 11) is -4.15. The van der Waals surface area contributed by atoms with Crippen molar-refractivity contribution < 1.29 is 18.3 Å². The lowest BCUT2D eigenvalue weighted by atomic mass is 10.1. The maximum atomic E-state index is 13.3. The van der Waals surface area contributed by atoms with E-state index in [1.165, 1.54) is 24.4 Å². The second-order valence-electron chi connectivity index (χ2n) is 6.64. The Morgan fingerprint density at radius 2 is 1.84 bits per heavy atom. The predicted octanol–water partition coefficient (Wildman–Crippen LogP) is 2.11. The van der Waals surface area contributed by atoms with Crippen LogP contribution in [0.15, 0.2) is 64.6 Å². The molecule has 0 atom stereocenters. The molecule has 0 amide bonds. The van der Waals surface area contributed by atoms with Gasteiger partial charge >= 0.3 is 5.97 Å². The molecule has 3 aromatic rings. The minimum Gasteiger partial charge on any atom is -0.480 e. The summed E-state index contributed by atoms with van der Waals surface area (Å²) >= 11 is 6.17. The van der Waals surface area contributed by atoms with Gasteiger partial charge in [0, 0.05) is 23.5 Å². The minimum atomic E-state index is -4.15. The molecule has 0 unspecified atom stereocenters. The smallest absolute Gasteiger partial charge is 0.318 e. The first-order valence-corrected chi connectivity index (χ1v) is 10.9. The maximum absolute atomic E-state index is 13.3. The molecule has 0 saturated heterocycles. The van der Waals surface area contributed by atoms with Crippen molar-refractivity contribution in [3.63, 3.8) is 0 Å². The highest BCUT2D eigenvalue weighted by Crippen LogP contribution is 2.32. The van der Waals surface area contributed by atoms with E-state index in [1.807, 2.05) is 30.3 Å². The van der Waals surface area contributed by atoms with Gasteiger partial charge in [-0.2, -0.15) is 9.30 Å². The van der Waals surface area contributed by atoms with Gasteiger partial charge in [0.2, 0.25) is 10.0 Å². The normalized spacial score (nSPS) is 11.5. The zero-order valence-corrected chi connectivity index (χ0v) is 17.8. The number of carbonyl (C=O) groups is 1. The van der Waals surface area contributed by atoms with Crippen LogP contribution in [0.2, 0.25) is 5.02 Å². The number of halogens is 1. The first-order chi connectivity index (χ1) is 14.7. The minimum absolute atomic E-state index is 0.00869. The van der Waals surface area contributed by atoms with Crippen molar-refractivity contribution >= 4 is 50.1 Å². The SMILES string of the molecule is NC(N)=Nc1ncc(Cl)c2ccc(S(=O)(=O)N(CCc3ccccc3)CC(=O)O)cc12. The highest BCUT2D eigenvalue weighted by atomic mass is 35.5. The summed E-state index contributed by atoms with van der Waals surface area (Å²) in [6, 6.07) is 13.4. The Hall–Kier alpha value is -3.21. The zero-order chi connectivity index (χ0) is 22.6. The van der Waals surface area contributed by atoms with Crippen LogP contribution >= 0.6 is 11.6 Å². The lowest BCUT2D eigenvalue weighted by Crippen LogP contribution is -2.37. The molecule has 0 spiro atoms. The molecule has 0 bridgehead atoms. The van der Waals surface area contributed by atoms with Crippen molar-refractivity contribution in [3.8, 4) is 0 Å². The lowest BCUT2D eigenvalue weighted by Gasteiger charge is -2.21. The Labute approximate surface area is 184 Å². The number of rotatable bonds is 8. The molecule has 3 rings (SSSR count). The van der Waals surface area contributed by atoms with Crippen LogP contribution in [0.3, 0.4) is 0 Å². The third kappa shape index (κ3) is 5.29. The van der Waals surface area contributed by atoms with E-state index in [2.05, 4.69) is 9.98 Å². The average molecular weight is 462 g/mol. The Balaban J connectivity index is 2.04. The van der Waals surface area contributed by atoms with E-state index in [-0.39, 0.29) is 23.2 Å². The van der Waals surface area contributed by atoms with Crippen molar-refractivity contribution in [1.82, 2.24) is 9.29 Å². The number of hydrogen-bond acceptors (Lipinski definition) is 5. The molecule has 5 N–H and O–H groups in total. The van der Waals surface area contributed by atoms with Gasteiger partial charge < -0.3 is 16.6 Å². The molecular weight excluding hydrogens is 442 g/mol. The number of nitrogens with two attached hydrogens (primary N) is 2. The van der Waals surface area contributed by atoms with Gasteiger partial charge in [0.05, 0.1) is 9.92 Å². The van der Waals surface area contributed by atoms with E-state index in [9.17, 15) is 18.3 Å². The molecule has 2 aromatic carbocycles. The van der Waals surface area contributed by atoms with E-state index in [4.69, 9.17) is 23.1 Å². The molecule has 1 aromatic heterocycles. The quantitative estimate of drug-likeness (QED) is 0.343. The molecule has 0 aliphatic rings. The van der Waals surface area contributed by atoms with Gasteiger partial charge in [-0.25, -0.2) is 13.4 Å². The third-order valence-corrected chi connectivity index (χ3v) is 6.61. The number of carboxylic acid groups (broad SMARTS) is 1. The van der Waals surface area contributed by atoms with E-state index in [0.717, 1.165) is 9.87 Å². The second-order valence-corrected chi connectivity index (χ2v) is 8.99. The van der Waals surface area contributed by atoms with Crippen LogP contribution in [0.1, 0.15) is 5.56 Å². The van der Waals surface area contributed by atoms with Gasteiger partial charge in [0.1, 0.15) is 6.54 Å². The Morgan fingerprint density at radius 3 is 2.48 bits per heavy atom. The molecule has 0 fully saturated rings. The zero-order valence-electron chi connectivity index (χ0n) is 16.3. The van der Waals surface area contributed by atoms with E-state index >= 15 is 0 Å². The summed E-state index contributed by atoms with van der Waals surface area (Å²) in [5, 5.41) is 10.4. The lowest BCUT2D eigenvalue weighted by molar-refractivity contribution is -0.137. The number of benzene rings is 2. The van der Waals surface area contributed by atoms with Gasteiger partial charge in [-0.15, -0.1) is 0 Å². The number of aliphatic imine (C=N–C) groups is 1. The van der Waals surface area contributed by atoms with Crippen molar-refractivity contribution in [2.45, 2.75) is 11.3 Å². The van der Waals surface area contributed by atoms with Crippen LogP contribution in [0.5, 0.6) is 0 Å². The highest BCUT2D eigenvalue weighted by molar-refractivity contribution is 7.89. The molecule has 0 saturated carbocycles. The fraction of sp³-hybridized carbons (Fsp3) is 0.150. The predicted molar refractivity (Wildman–Crippen MR) is 119 cm³/mol. The molecular formula is C20H20ClN5O4S. The summed E-state index contributed by atoms with van der Waals surface area (Å²) in [6.45, 7) is -0.688. The Morgan fingerprint density at radius 1 is 1.13 bits per heavy atom. The first kappa shape index (κ1) is 22.5. The van der Waals surface area contributed by atoms with Crippen molar-refractivity contribution in [2.75, 3.05) is 13.1 Å². The number of aliphatic carboxylic acids is 1. The van der Waals surface area contributed by atoms with Gasteiger partial charge in [-0.05, 0) is 24.1 Å². The number of aromatic nitrogens is 1. The number of hydrogen-bond donors (Lipinski definition) is 3. The fourth-order valence-electron chi connectivity index (χ4n) is 3.03. The van der Waals surface area contributed by atoms with Crippen molar-refractivity contribution in [1.29, 1.82) is 0 Å². The summed E-state index contributed by atoms with van der Waals surface area (Å²) in [5.41, 5.74) is 11.8. The molecule has 0 aliphatic carbocycles. The molecule has 0 aliphatic heterocycles. The maximum Gasteiger partial charge on any atom is 0.318 e. The Kier molecular flexibility index (Phi) is 6.74. The summed E-state index contributed by atoms with van der Waals surface area (Å²) < 4.78 is 27.5. The molecule has 0 radical (unpaired) electrons. The van der Waals surface area contributed by atoms with E-state index < -0.39 is 22.5 Å². The molecule has 1 heterocycles. The fourth-order valence-corrected chi connectivity index (χ4v) is 4.66. The standard InChI is InChI=1S/C20H20ClN5O4S/c21-17-11-24-19(25-20(22)23)16-10-14(6-7-15(16)17)31(29,30)26(12-18(27)28)9-8-13-4-2-1-3-5-13/h1-7,10-11H,8-9,12H2,(H,27,28)(H4,22,23,24,25). The number of fused-ring (bicyclic) bond motifs is 1. The van der Waals surface area contributed by atoms with Crippen LogP contribution in [0, 0.1) is 0 Å². The second kappa shape index (κ2) is 9.29. The third-order valence-electron chi connectivity index (χ3n) is 4.47. The van der Waals surface area contributed by atoms with Gasteiger partial charge in [-0.1, -0.05) is 48.0 Å². The molecule has 31 heavy (non-hydrogen) atoms. The number of guanidine groups is 1. The summed E-state index contributed by atoms with van der Waals surface area (Å²) in [6.07, 6.45) is 1.71. The van der Waals surface area contributed by atoms with Crippen LogP contribution in [-0.4, -0.2) is 47.8 Å². The van der Waals surface area contributed by atoms with Gasteiger partial charge in [-0.3, -0.25) is 4.79 Å². The first-order valence-electron chi connectivity index (χ1n) is 9.12. The van der Waals surface area contributed by atoms with Crippen molar-refractivity contribution in [3.05, 3.63) is 65.3 Å². The van der Waals surface area contributed by atoms with Gasteiger partial charge in [0.25, 0.3) is 0 Å². The number of carboxylic acids is 1. The van der Waals surface area contributed by atoms with Crippen LogP contribution < -0.4 is 11.5 Å². The number of sulfonamides is 1. The number of pyridine rings is 1. The molecule has 162 valence electrons. The van der Waals surface area contributed by atoms with E-state index in [1.54, 1.807) is 0 Å². The average Bonchev–Trinajstić information content (AvgIpc) is 2.73. The highest BCUT2D eigenvalue weighted by Gasteiger charge is 2.27. The monoisotopic (exact) mass is 461 g/mol. The van der Waals surface area contributed by atoms with Gasteiger partial charge in [0.15, 0.2) is 11.8 Å². The largest absolute Gasteiger partial charge is 0.480 e. The van der Waals surface area contributed by atoms with Crippen LogP contribution in [0.4, 0.5) is 5.82 Å². The topological polar surface area (TPSA) is 152 Å². The number of nitrogens with zero attached hydrogens (tertiary/aromatic N) is 3. The molecule has 11 heteroatoms. The van der Waals surface area contributed by atoms with Crippen LogP contribution in [-0.2, 0) is 21.2 Å². The Bertz CT molecular complexity index is 1250. The van der Waals surface area contributed by atoms with Crippen LogP contribution in [0.25, 0.3) is 10.8 Å². The summed E-state index contributed by atoms with van der Waals surface area (Å²) in [5.74, 6) is -1.41. The van der Waals surface area contributed by atoms with Crippen molar-refractivity contribution in [2.24, 2.45) is 16.5 Å². The van der Waals surface area contributed by atoms with E-state index in [0.29, 0.717) is 22.2 Å². The summed E-state index contributed by atoms with van der Waals surface area (Å²) in [4.78, 5) is 19.2. The molecule has 9 nitrogen and oxygen atoms in total.